The highest BCUT2D eigenvalue weighted by Crippen LogP contribution is 2.23. The Balaban J connectivity index is 1.38. The molecule has 0 radical (unpaired) electrons. The lowest BCUT2D eigenvalue weighted by Gasteiger charge is -2.20. The van der Waals surface area contributed by atoms with Gasteiger partial charge in [0.2, 0.25) is 0 Å². The van der Waals surface area contributed by atoms with Gasteiger partial charge in [-0.05, 0) is 43.7 Å². The molecule has 0 spiro atoms. The van der Waals surface area contributed by atoms with Crippen molar-refractivity contribution >= 4 is 6.03 Å². The molecule has 2 fully saturated rings. The van der Waals surface area contributed by atoms with Crippen molar-refractivity contribution in [2.45, 2.75) is 44.6 Å². The van der Waals surface area contributed by atoms with Crippen LogP contribution in [0.3, 0.4) is 0 Å². The second-order valence-electron chi connectivity index (χ2n) is 6.60. The molecule has 3 rings (SSSR count). The van der Waals surface area contributed by atoms with E-state index in [-0.39, 0.29) is 11.8 Å². The molecule has 1 aromatic rings. The van der Waals surface area contributed by atoms with E-state index < -0.39 is 0 Å². The predicted molar refractivity (Wildman–Crippen MR) is 87.0 cm³/mol. The maximum atomic E-state index is 13.5. The summed E-state index contributed by atoms with van der Waals surface area (Å²) in [6.45, 7) is 2.08. The molecule has 1 aromatic carbocycles. The molecule has 5 heteroatoms. The van der Waals surface area contributed by atoms with E-state index >= 15 is 0 Å². The third kappa shape index (κ3) is 4.36. The van der Waals surface area contributed by atoms with Gasteiger partial charge in [0.25, 0.3) is 0 Å². The number of urea groups is 1. The van der Waals surface area contributed by atoms with Gasteiger partial charge < -0.3 is 15.0 Å². The van der Waals surface area contributed by atoms with Gasteiger partial charge in [-0.25, -0.2) is 9.18 Å². The minimum Gasteiger partial charge on any atom is -0.491 e. The van der Waals surface area contributed by atoms with E-state index in [9.17, 15) is 9.18 Å². The molecule has 1 aliphatic heterocycles. The number of likely N-dealkylation sites (tertiary alicyclic amines) is 1. The first-order valence-corrected chi connectivity index (χ1v) is 8.65. The van der Waals surface area contributed by atoms with Crippen molar-refractivity contribution in [2.24, 2.45) is 5.92 Å². The standard InChI is InChI=1S/C18H25FN2O2/c19-16-7-3-4-8-17(16)23-12-10-14-9-11-21(13-14)18(22)20-15-5-1-2-6-15/h3-4,7-8,14-15H,1-2,5-6,9-13H2,(H,20,22). The second kappa shape index (κ2) is 7.66. The molecule has 2 amide bonds. The SMILES string of the molecule is O=C(NC1CCCC1)N1CCC(CCOc2ccccc2F)C1. The summed E-state index contributed by atoms with van der Waals surface area (Å²) in [6.07, 6.45) is 6.52. The lowest BCUT2D eigenvalue weighted by molar-refractivity contribution is 0.201. The van der Waals surface area contributed by atoms with Crippen LogP contribution in [0.25, 0.3) is 0 Å². The van der Waals surface area contributed by atoms with Gasteiger partial charge in [0.15, 0.2) is 11.6 Å². The van der Waals surface area contributed by atoms with Crippen LogP contribution in [-0.2, 0) is 0 Å². The van der Waals surface area contributed by atoms with E-state index in [1.165, 1.54) is 18.9 Å². The fourth-order valence-corrected chi connectivity index (χ4v) is 3.49. The molecule has 23 heavy (non-hydrogen) atoms. The van der Waals surface area contributed by atoms with Gasteiger partial charge in [-0.1, -0.05) is 25.0 Å². The Morgan fingerprint density at radius 1 is 1.26 bits per heavy atom. The van der Waals surface area contributed by atoms with E-state index in [4.69, 9.17) is 4.74 Å². The number of carbonyl (C=O) groups excluding carboxylic acids is 1. The van der Waals surface area contributed by atoms with E-state index in [0.29, 0.717) is 24.3 Å². The van der Waals surface area contributed by atoms with Crippen LogP contribution < -0.4 is 10.1 Å². The molecule has 1 atom stereocenters. The van der Waals surface area contributed by atoms with Crippen molar-refractivity contribution in [1.82, 2.24) is 10.2 Å². The average Bonchev–Trinajstić information content (AvgIpc) is 3.21. The Labute approximate surface area is 137 Å². The van der Waals surface area contributed by atoms with Gasteiger partial charge in [-0.15, -0.1) is 0 Å². The van der Waals surface area contributed by atoms with Crippen LogP contribution in [0.15, 0.2) is 24.3 Å². The molecular formula is C18H25FN2O2. The van der Waals surface area contributed by atoms with Crippen LogP contribution in [0.1, 0.15) is 38.5 Å². The highest BCUT2D eigenvalue weighted by Gasteiger charge is 2.28. The minimum absolute atomic E-state index is 0.0782. The number of ether oxygens (including phenoxy) is 1. The number of carbonyl (C=O) groups is 1. The Morgan fingerprint density at radius 2 is 2.04 bits per heavy atom. The molecular weight excluding hydrogens is 295 g/mol. The molecule has 1 saturated heterocycles. The number of hydrogen-bond donors (Lipinski definition) is 1. The fraction of sp³-hybridized carbons (Fsp3) is 0.611. The van der Waals surface area contributed by atoms with E-state index in [1.54, 1.807) is 18.2 Å². The largest absolute Gasteiger partial charge is 0.491 e. The Morgan fingerprint density at radius 3 is 2.83 bits per heavy atom. The van der Waals surface area contributed by atoms with Crippen LogP contribution in [0.2, 0.25) is 0 Å². The topological polar surface area (TPSA) is 41.6 Å². The Hall–Kier alpha value is -1.78. The number of halogens is 1. The number of hydrogen-bond acceptors (Lipinski definition) is 2. The summed E-state index contributed by atoms with van der Waals surface area (Å²) in [5, 5.41) is 3.14. The normalized spacial score (nSPS) is 21.6. The molecule has 4 nitrogen and oxygen atoms in total. The molecule has 1 unspecified atom stereocenters. The smallest absolute Gasteiger partial charge is 0.317 e. The van der Waals surface area contributed by atoms with Crippen molar-refractivity contribution < 1.29 is 13.9 Å². The van der Waals surface area contributed by atoms with Crippen LogP contribution in [-0.4, -0.2) is 36.7 Å². The molecule has 0 aromatic heterocycles. The van der Waals surface area contributed by atoms with Gasteiger partial charge in [0, 0.05) is 19.1 Å². The molecule has 1 aliphatic carbocycles. The molecule has 1 heterocycles. The van der Waals surface area contributed by atoms with Crippen molar-refractivity contribution in [3.63, 3.8) is 0 Å². The van der Waals surface area contributed by atoms with E-state index in [1.807, 2.05) is 4.90 Å². The summed E-state index contributed by atoms with van der Waals surface area (Å²) in [5.41, 5.74) is 0. The van der Waals surface area contributed by atoms with E-state index in [2.05, 4.69) is 5.32 Å². The molecule has 2 aliphatic rings. The van der Waals surface area contributed by atoms with Crippen molar-refractivity contribution in [1.29, 1.82) is 0 Å². The van der Waals surface area contributed by atoms with E-state index in [0.717, 1.165) is 38.8 Å². The summed E-state index contributed by atoms with van der Waals surface area (Å²) >= 11 is 0. The van der Waals surface area contributed by atoms with Gasteiger partial charge in [-0.2, -0.15) is 0 Å². The average molecular weight is 320 g/mol. The van der Waals surface area contributed by atoms with Crippen molar-refractivity contribution in [3.8, 4) is 5.75 Å². The molecule has 1 saturated carbocycles. The summed E-state index contributed by atoms with van der Waals surface area (Å²) in [5.74, 6) is 0.425. The zero-order chi connectivity index (χ0) is 16.1. The predicted octanol–water partition coefficient (Wildman–Crippen LogP) is 3.57. The number of rotatable bonds is 5. The maximum absolute atomic E-state index is 13.5. The first-order chi connectivity index (χ1) is 11.2. The molecule has 126 valence electrons. The van der Waals surface area contributed by atoms with Crippen LogP contribution in [0, 0.1) is 11.7 Å². The number of nitrogens with zero attached hydrogens (tertiary/aromatic N) is 1. The second-order valence-corrected chi connectivity index (χ2v) is 6.60. The summed E-state index contributed by atoms with van der Waals surface area (Å²) in [4.78, 5) is 14.1. The summed E-state index contributed by atoms with van der Waals surface area (Å²) in [7, 11) is 0. The minimum atomic E-state index is -0.323. The third-order valence-corrected chi connectivity index (χ3v) is 4.88. The lowest BCUT2D eigenvalue weighted by Crippen LogP contribution is -2.42. The molecule has 0 bridgehead atoms. The monoisotopic (exact) mass is 320 g/mol. The number of para-hydroxylation sites is 1. The Bertz CT molecular complexity index is 532. The van der Waals surface area contributed by atoms with Gasteiger partial charge in [-0.3, -0.25) is 0 Å². The first kappa shape index (κ1) is 16.1. The fourth-order valence-electron chi connectivity index (χ4n) is 3.49. The van der Waals surface area contributed by atoms with Gasteiger partial charge >= 0.3 is 6.03 Å². The van der Waals surface area contributed by atoms with Crippen molar-refractivity contribution in [3.05, 3.63) is 30.1 Å². The summed E-state index contributed by atoms with van der Waals surface area (Å²) < 4.78 is 19.0. The summed E-state index contributed by atoms with van der Waals surface area (Å²) in [6, 6.07) is 6.91. The zero-order valence-corrected chi connectivity index (χ0v) is 13.5. The van der Waals surface area contributed by atoms with Crippen LogP contribution in [0.4, 0.5) is 9.18 Å². The highest BCUT2D eigenvalue weighted by molar-refractivity contribution is 5.74. The highest BCUT2D eigenvalue weighted by atomic mass is 19.1. The number of amides is 2. The van der Waals surface area contributed by atoms with Gasteiger partial charge in [0.05, 0.1) is 6.61 Å². The molecule has 1 N–H and O–H groups in total. The number of benzene rings is 1. The van der Waals surface area contributed by atoms with Crippen LogP contribution in [0.5, 0.6) is 5.75 Å². The maximum Gasteiger partial charge on any atom is 0.317 e. The Kier molecular flexibility index (Phi) is 5.36. The third-order valence-electron chi connectivity index (χ3n) is 4.88. The zero-order valence-electron chi connectivity index (χ0n) is 13.5. The number of nitrogens with one attached hydrogen (secondary N) is 1. The van der Waals surface area contributed by atoms with Gasteiger partial charge in [0.1, 0.15) is 0 Å². The first-order valence-electron chi connectivity index (χ1n) is 8.65. The van der Waals surface area contributed by atoms with Crippen LogP contribution >= 0.6 is 0 Å². The van der Waals surface area contributed by atoms with Crippen molar-refractivity contribution in [2.75, 3.05) is 19.7 Å². The lowest BCUT2D eigenvalue weighted by atomic mass is 10.1. The quantitative estimate of drug-likeness (QED) is 0.901.